The average Bonchev–Trinajstić information content (AvgIpc) is 3.10. The van der Waals surface area contributed by atoms with Crippen LogP contribution in [0, 0.1) is 0 Å². The van der Waals surface area contributed by atoms with Crippen molar-refractivity contribution in [2.75, 3.05) is 0 Å². The summed E-state index contributed by atoms with van der Waals surface area (Å²) in [6.45, 7) is 10.1. The first-order valence-corrected chi connectivity index (χ1v) is 24.9. The minimum atomic E-state index is -3.24. The molecular weight excluding hydrogens is 408 g/mol. The van der Waals surface area contributed by atoms with Crippen LogP contribution in [0.1, 0.15) is 43.4 Å². The number of hydrogen-bond acceptors (Lipinski definition) is 0. The molecule has 2 heteroatoms. The first kappa shape index (κ1) is 18.4. The molecule has 0 aromatic heterocycles. The normalized spacial score (nSPS) is 23.1. The van der Waals surface area contributed by atoms with Gasteiger partial charge in [0.05, 0.1) is 0 Å². The molecule has 0 saturated carbocycles. The second-order valence-electron chi connectivity index (χ2n) is 9.79. The minimum absolute atomic E-state index is 0.693. The summed E-state index contributed by atoms with van der Waals surface area (Å²) in [7, 11) is 0. The molecule has 0 amide bonds. The summed E-state index contributed by atoms with van der Waals surface area (Å²) in [5.74, 6) is -0.888. The van der Waals surface area contributed by atoms with Gasteiger partial charge in [-0.3, -0.25) is 0 Å². The average molecular weight is 439 g/mol. The molecule has 0 aliphatic heterocycles. The maximum absolute atomic E-state index is 3.24. The van der Waals surface area contributed by atoms with Crippen LogP contribution in [0.5, 0.6) is 0 Å². The molecule has 0 nitrogen and oxygen atoms in total. The zero-order chi connectivity index (χ0) is 18.7. The summed E-state index contributed by atoms with van der Waals surface area (Å²) in [5.41, 5.74) is 9.45. The fourth-order valence-corrected chi connectivity index (χ4v) is 37.0. The Morgan fingerprint density at radius 2 is 1.08 bits per heavy atom. The summed E-state index contributed by atoms with van der Waals surface area (Å²) in [6, 6.07) is 18.4. The van der Waals surface area contributed by atoms with Crippen LogP contribution in [-0.4, -0.2) is 5.92 Å². The second-order valence-corrected chi connectivity index (χ2v) is 47.7. The third kappa shape index (κ3) is 2.34. The van der Waals surface area contributed by atoms with E-state index in [-0.39, 0.29) is 0 Å². The molecule has 2 atom stereocenters. The van der Waals surface area contributed by atoms with Crippen molar-refractivity contribution < 1.29 is 17.9 Å². The molecule has 2 aromatic rings. The van der Waals surface area contributed by atoms with Gasteiger partial charge < -0.3 is 0 Å². The first-order valence-electron chi connectivity index (χ1n) is 9.98. The molecule has 2 aromatic carbocycles. The molecule has 135 valence electrons. The van der Waals surface area contributed by atoms with Gasteiger partial charge in [0.1, 0.15) is 0 Å². The van der Waals surface area contributed by atoms with Crippen molar-refractivity contribution >= 4 is 18.1 Å². The maximum atomic E-state index is 2.81. The van der Waals surface area contributed by atoms with E-state index in [1.807, 2.05) is 0 Å². The Morgan fingerprint density at radius 3 is 1.46 bits per heavy atom. The summed E-state index contributed by atoms with van der Waals surface area (Å²) in [4.78, 5) is 0. The topological polar surface area (TPSA) is 0 Å². The number of benzene rings is 2. The van der Waals surface area contributed by atoms with Crippen LogP contribution < -0.4 is 0 Å². The molecule has 2 unspecified atom stereocenters. The van der Waals surface area contributed by atoms with E-state index >= 15 is 0 Å². The van der Waals surface area contributed by atoms with Crippen molar-refractivity contribution in [3.8, 4) is 0 Å². The van der Waals surface area contributed by atoms with Gasteiger partial charge >= 0.3 is 161 Å². The van der Waals surface area contributed by atoms with Gasteiger partial charge in [0, 0.05) is 0 Å². The summed E-state index contributed by atoms with van der Waals surface area (Å²) >= 11 is -3.24. The molecule has 2 aliphatic carbocycles. The molecule has 4 rings (SSSR count). The Morgan fingerprint density at radius 1 is 0.692 bits per heavy atom. The van der Waals surface area contributed by atoms with Crippen LogP contribution in [-0.2, 0) is 17.9 Å². The summed E-state index contributed by atoms with van der Waals surface area (Å²) < 4.78 is 7.01. The quantitative estimate of drug-likeness (QED) is 0.449. The van der Waals surface area contributed by atoms with Crippen molar-refractivity contribution in [1.29, 1.82) is 0 Å². The van der Waals surface area contributed by atoms with Crippen molar-refractivity contribution in [3.05, 3.63) is 81.9 Å². The van der Waals surface area contributed by atoms with Gasteiger partial charge in [0.2, 0.25) is 0 Å². The van der Waals surface area contributed by atoms with E-state index in [1.165, 1.54) is 11.1 Å². The van der Waals surface area contributed by atoms with E-state index in [1.54, 1.807) is 22.3 Å². The van der Waals surface area contributed by atoms with E-state index in [0.717, 1.165) is 0 Å². The zero-order valence-electron chi connectivity index (χ0n) is 17.0. The van der Waals surface area contributed by atoms with Gasteiger partial charge in [-0.15, -0.1) is 0 Å². The third-order valence-corrected chi connectivity index (χ3v) is 55.1. The molecule has 0 bridgehead atoms. The Balaban J connectivity index is 1.99. The van der Waals surface area contributed by atoms with Crippen molar-refractivity contribution in [3.63, 3.8) is 0 Å². The van der Waals surface area contributed by atoms with Crippen LogP contribution in [0.3, 0.4) is 0 Å². The monoisotopic (exact) mass is 437 g/mol. The van der Waals surface area contributed by atoms with Crippen LogP contribution in [0.15, 0.2) is 59.7 Å². The van der Waals surface area contributed by atoms with Gasteiger partial charge in [0.25, 0.3) is 0 Å². The van der Waals surface area contributed by atoms with Gasteiger partial charge in [-0.05, 0) is 0 Å². The van der Waals surface area contributed by atoms with Gasteiger partial charge in [-0.1, -0.05) is 0 Å². The summed E-state index contributed by atoms with van der Waals surface area (Å²) in [5, 5.41) is 0. The molecule has 0 heterocycles. The molecule has 0 spiro atoms. The van der Waals surface area contributed by atoms with Crippen molar-refractivity contribution in [1.82, 2.24) is 0 Å². The van der Waals surface area contributed by atoms with Crippen LogP contribution in [0.4, 0.5) is 0 Å². The van der Waals surface area contributed by atoms with E-state index in [4.69, 9.17) is 0 Å². The van der Waals surface area contributed by atoms with Gasteiger partial charge in [-0.25, -0.2) is 0 Å². The first-order chi connectivity index (χ1) is 12.2. The standard InChI is InChI=1S/2C10H9.C2H7Si.2CH3.Zr/c2*1-8-6-9-4-2-3-5-10(9)7-8;1-3-2;;;/h2*2-7H,1H3;3H,1-2H3;2*1H3;. The second kappa shape index (κ2) is 6.01. The van der Waals surface area contributed by atoms with E-state index < -0.39 is 23.9 Å². The predicted octanol–water partition coefficient (Wildman–Crippen LogP) is 7.07. The van der Waals surface area contributed by atoms with Crippen LogP contribution in [0.25, 0.3) is 12.2 Å². The Kier molecular flexibility index (Phi) is 4.25. The van der Waals surface area contributed by atoms with E-state index in [0.29, 0.717) is 7.25 Å². The predicted molar refractivity (Wildman–Crippen MR) is 116 cm³/mol. The Hall–Kier alpha value is -0.980. The van der Waals surface area contributed by atoms with Gasteiger partial charge in [-0.2, -0.15) is 0 Å². The Bertz CT molecular complexity index is 877. The number of allylic oxidation sites excluding steroid dienone is 2. The molecule has 2 aliphatic rings. The van der Waals surface area contributed by atoms with Gasteiger partial charge in [0.15, 0.2) is 0 Å². The Labute approximate surface area is 160 Å². The molecular formula is C24H31SiZr. The molecule has 0 saturated heterocycles. The number of fused-ring (bicyclic) bond motifs is 2. The molecule has 26 heavy (non-hydrogen) atoms. The summed E-state index contributed by atoms with van der Waals surface area (Å²) in [6.07, 6.45) is 4.97. The fraction of sp³-hybridized carbons (Fsp3) is 0.333. The van der Waals surface area contributed by atoms with Crippen molar-refractivity contribution in [2.45, 2.75) is 43.5 Å². The van der Waals surface area contributed by atoms with Crippen molar-refractivity contribution in [2.24, 2.45) is 0 Å². The molecule has 0 radical (unpaired) electrons. The van der Waals surface area contributed by atoms with Crippen LogP contribution in [0.2, 0.25) is 22.4 Å². The molecule has 0 fully saturated rings. The van der Waals surface area contributed by atoms with E-state index in [9.17, 15) is 0 Å². The van der Waals surface area contributed by atoms with Crippen LogP contribution >= 0.6 is 0 Å². The number of hydrogen-bond donors (Lipinski definition) is 0. The van der Waals surface area contributed by atoms with E-state index in [2.05, 4.69) is 96.9 Å². The zero-order valence-corrected chi connectivity index (χ0v) is 20.6. The molecule has 0 N–H and O–H groups in total. The SMILES string of the molecule is CC1=Cc2ccccc2[CH]1[Zr]([CH3])([CH3])([CH]1C(C)=Cc2ccccc21)[SiH](C)C. The third-order valence-electron chi connectivity index (χ3n) is 7.93. The fourth-order valence-electron chi connectivity index (χ4n) is 6.21. The number of rotatable bonds is 3.